The molecule has 1 heterocycles. The van der Waals surface area contributed by atoms with E-state index in [0.717, 1.165) is 19.5 Å². The molecular weight excluding hydrogens is 210 g/mol. The first kappa shape index (κ1) is 14.2. The van der Waals surface area contributed by atoms with Gasteiger partial charge in [-0.15, -0.1) is 0 Å². The van der Waals surface area contributed by atoms with Crippen LogP contribution >= 0.6 is 0 Å². The first-order valence-corrected chi connectivity index (χ1v) is 7.04. The fraction of sp³-hybridized carbons (Fsp3) is 0.786. The number of aryl methyl sites for hydroxylation is 2. The minimum absolute atomic E-state index is 0.644. The van der Waals surface area contributed by atoms with Gasteiger partial charge in [0.1, 0.15) is 0 Å². The van der Waals surface area contributed by atoms with E-state index in [1.54, 1.807) is 0 Å². The average Bonchev–Trinajstić information content (AvgIpc) is 2.76. The Morgan fingerprint density at radius 3 is 2.59 bits per heavy atom. The van der Waals surface area contributed by atoms with Gasteiger partial charge in [-0.2, -0.15) is 5.10 Å². The zero-order chi connectivity index (χ0) is 12.7. The number of nitrogens with zero attached hydrogens (tertiary/aromatic N) is 2. The van der Waals surface area contributed by atoms with Crippen LogP contribution in [-0.2, 0) is 19.5 Å². The van der Waals surface area contributed by atoms with Crippen molar-refractivity contribution in [3.05, 3.63) is 17.5 Å². The number of hydrogen-bond acceptors (Lipinski definition) is 2. The van der Waals surface area contributed by atoms with Crippen LogP contribution in [-0.4, -0.2) is 15.8 Å². The van der Waals surface area contributed by atoms with Gasteiger partial charge in [-0.1, -0.05) is 27.2 Å². The molecule has 0 aliphatic carbocycles. The first-order chi connectivity index (χ1) is 8.24. The molecule has 1 aromatic heterocycles. The van der Waals surface area contributed by atoms with Gasteiger partial charge in [-0.3, -0.25) is 4.68 Å². The molecule has 0 aliphatic rings. The summed E-state index contributed by atoms with van der Waals surface area (Å²) in [6.07, 6.45) is 4.73. The predicted octanol–water partition coefficient (Wildman–Crippen LogP) is 3.13. The first-order valence-electron chi connectivity index (χ1n) is 7.04. The van der Waals surface area contributed by atoms with Gasteiger partial charge in [0.2, 0.25) is 0 Å². The molecule has 0 aromatic carbocycles. The van der Waals surface area contributed by atoms with Crippen molar-refractivity contribution in [1.82, 2.24) is 15.1 Å². The zero-order valence-electron chi connectivity index (χ0n) is 11.8. The van der Waals surface area contributed by atoms with Gasteiger partial charge < -0.3 is 5.32 Å². The minimum atomic E-state index is 0.644. The average molecular weight is 237 g/mol. The van der Waals surface area contributed by atoms with Crippen LogP contribution in [0.5, 0.6) is 0 Å². The van der Waals surface area contributed by atoms with Gasteiger partial charge in [0.25, 0.3) is 0 Å². The quantitative estimate of drug-likeness (QED) is 0.753. The minimum Gasteiger partial charge on any atom is -0.308 e. The highest BCUT2D eigenvalue weighted by atomic mass is 15.3. The molecule has 3 nitrogen and oxygen atoms in total. The number of nitrogens with one attached hydrogen (secondary N) is 1. The lowest BCUT2D eigenvalue weighted by Gasteiger charge is -2.16. The van der Waals surface area contributed by atoms with Crippen LogP contribution in [0, 0.1) is 0 Å². The van der Waals surface area contributed by atoms with Crippen molar-refractivity contribution >= 4 is 0 Å². The van der Waals surface area contributed by atoms with E-state index >= 15 is 0 Å². The van der Waals surface area contributed by atoms with E-state index < -0.39 is 0 Å². The predicted molar refractivity (Wildman–Crippen MR) is 73.1 cm³/mol. The molecule has 98 valence electrons. The summed E-state index contributed by atoms with van der Waals surface area (Å²) in [5, 5.41) is 8.21. The second kappa shape index (κ2) is 7.49. The van der Waals surface area contributed by atoms with Crippen molar-refractivity contribution in [2.45, 2.75) is 72.5 Å². The lowest BCUT2D eigenvalue weighted by Crippen LogP contribution is -2.28. The molecule has 17 heavy (non-hydrogen) atoms. The molecule has 0 spiro atoms. The highest BCUT2D eigenvalue weighted by Gasteiger charge is 2.08. The summed E-state index contributed by atoms with van der Waals surface area (Å²) in [5.74, 6) is 0. The van der Waals surface area contributed by atoms with Crippen LogP contribution in [0.1, 0.15) is 58.3 Å². The van der Waals surface area contributed by atoms with Gasteiger partial charge in [0, 0.05) is 19.1 Å². The smallest absolute Gasteiger partial charge is 0.0625 e. The molecule has 1 aromatic rings. The van der Waals surface area contributed by atoms with Crippen LogP contribution in [0.4, 0.5) is 0 Å². The van der Waals surface area contributed by atoms with Crippen LogP contribution < -0.4 is 5.32 Å². The second-order valence-corrected chi connectivity index (χ2v) is 4.57. The summed E-state index contributed by atoms with van der Waals surface area (Å²) in [6, 6.07) is 2.88. The highest BCUT2D eigenvalue weighted by Crippen LogP contribution is 2.07. The summed E-state index contributed by atoms with van der Waals surface area (Å²) in [7, 11) is 0. The van der Waals surface area contributed by atoms with E-state index in [9.17, 15) is 0 Å². The Morgan fingerprint density at radius 1 is 1.29 bits per heavy atom. The highest BCUT2D eigenvalue weighted by molar-refractivity contribution is 5.10. The molecule has 0 amide bonds. The molecule has 0 aliphatic heterocycles. The van der Waals surface area contributed by atoms with Crippen molar-refractivity contribution in [3.8, 4) is 0 Å². The van der Waals surface area contributed by atoms with Crippen molar-refractivity contribution in [3.63, 3.8) is 0 Å². The summed E-state index contributed by atoms with van der Waals surface area (Å²) in [5.41, 5.74) is 2.52. The third-order valence-corrected chi connectivity index (χ3v) is 3.28. The third-order valence-electron chi connectivity index (χ3n) is 3.28. The molecule has 3 heteroatoms. The lowest BCUT2D eigenvalue weighted by molar-refractivity contribution is 0.449. The second-order valence-electron chi connectivity index (χ2n) is 4.57. The van der Waals surface area contributed by atoms with Crippen molar-refractivity contribution in [2.24, 2.45) is 0 Å². The largest absolute Gasteiger partial charge is 0.308 e. The number of hydrogen-bond donors (Lipinski definition) is 1. The standard InChI is InChI=1S/C14H27N3/c1-5-9-12(6-2)15-11-14-10-13(7-3)16-17(14)8-4/h10,12,15H,5-9,11H2,1-4H3. The lowest BCUT2D eigenvalue weighted by atomic mass is 10.1. The molecule has 0 fully saturated rings. The van der Waals surface area contributed by atoms with Crippen molar-refractivity contribution < 1.29 is 0 Å². The Bertz CT molecular complexity index is 317. The normalized spacial score (nSPS) is 12.9. The summed E-state index contributed by atoms with van der Waals surface area (Å²) >= 11 is 0. The Labute approximate surface area is 106 Å². The van der Waals surface area contributed by atoms with E-state index in [0.29, 0.717) is 6.04 Å². The fourth-order valence-electron chi connectivity index (χ4n) is 2.15. The summed E-state index contributed by atoms with van der Waals surface area (Å²) in [6.45, 7) is 10.7. The van der Waals surface area contributed by atoms with Crippen molar-refractivity contribution in [2.75, 3.05) is 0 Å². The van der Waals surface area contributed by atoms with Crippen LogP contribution in [0.3, 0.4) is 0 Å². The van der Waals surface area contributed by atoms with E-state index in [1.807, 2.05) is 0 Å². The van der Waals surface area contributed by atoms with Crippen molar-refractivity contribution in [1.29, 1.82) is 0 Å². The van der Waals surface area contributed by atoms with Gasteiger partial charge in [-0.05, 0) is 32.3 Å². The van der Waals surface area contributed by atoms with Gasteiger partial charge >= 0.3 is 0 Å². The Kier molecular flexibility index (Phi) is 6.27. The van der Waals surface area contributed by atoms with E-state index in [-0.39, 0.29) is 0 Å². The molecule has 1 unspecified atom stereocenters. The molecule has 1 rings (SSSR count). The Balaban J connectivity index is 2.57. The molecule has 1 atom stereocenters. The third kappa shape index (κ3) is 4.15. The SMILES string of the molecule is CCCC(CC)NCc1cc(CC)nn1CC. The monoisotopic (exact) mass is 237 g/mol. The zero-order valence-corrected chi connectivity index (χ0v) is 11.8. The fourth-order valence-corrected chi connectivity index (χ4v) is 2.15. The van der Waals surface area contributed by atoms with Crippen LogP contribution in [0.25, 0.3) is 0 Å². The molecular formula is C14H27N3. The molecule has 0 saturated carbocycles. The Morgan fingerprint density at radius 2 is 2.06 bits per heavy atom. The summed E-state index contributed by atoms with van der Waals surface area (Å²) in [4.78, 5) is 0. The maximum absolute atomic E-state index is 4.57. The topological polar surface area (TPSA) is 29.9 Å². The number of rotatable bonds is 8. The molecule has 0 saturated heterocycles. The maximum Gasteiger partial charge on any atom is 0.0625 e. The van der Waals surface area contributed by atoms with Crippen LogP contribution in [0.15, 0.2) is 6.07 Å². The molecule has 1 N–H and O–H groups in total. The van der Waals surface area contributed by atoms with Gasteiger partial charge in [-0.25, -0.2) is 0 Å². The van der Waals surface area contributed by atoms with E-state index in [2.05, 4.69) is 48.9 Å². The molecule has 0 bridgehead atoms. The van der Waals surface area contributed by atoms with Gasteiger partial charge in [0.15, 0.2) is 0 Å². The van der Waals surface area contributed by atoms with Gasteiger partial charge in [0.05, 0.1) is 11.4 Å². The maximum atomic E-state index is 4.57. The molecule has 0 radical (unpaired) electrons. The van der Waals surface area contributed by atoms with E-state index in [1.165, 1.54) is 30.7 Å². The van der Waals surface area contributed by atoms with Crippen LogP contribution in [0.2, 0.25) is 0 Å². The summed E-state index contributed by atoms with van der Waals surface area (Å²) < 4.78 is 2.12. The Hall–Kier alpha value is -0.830. The van der Waals surface area contributed by atoms with E-state index in [4.69, 9.17) is 0 Å². The number of aromatic nitrogens is 2.